The Kier molecular flexibility index (Phi) is 6.09. The molecule has 0 amide bonds. The second-order valence-corrected chi connectivity index (χ2v) is 8.34. The molecule has 174 valence electrons. The number of hydrogen-bond acceptors (Lipinski definition) is 6. The van der Waals surface area contributed by atoms with Gasteiger partial charge in [-0.05, 0) is 18.6 Å². The molecule has 1 aliphatic heterocycles. The van der Waals surface area contributed by atoms with E-state index in [1.54, 1.807) is 14.2 Å². The number of H-pyrrole nitrogens is 1. The molecule has 1 fully saturated rings. The van der Waals surface area contributed by atoms with Gasteiger partial charge in [0, 0.05) is 37.6 Å². The zero-order valence-electron chi connectivity index (χ0n) is 18.5. The molecule has 1 N–H and O–H groups in total. The minimum absolute atomic E-state index is 0.0546. The fourth-order valence-electron chi connectivity index (χ4n) is 4.33. The number of aromatic amines is 1. The number of aromatic nitrogens is 4. The zero-order valence-corrected chi connectivity index (χ0v) is 19.3. The second kappa shape index (κ2) is 9.17. The number of pyridine rings is 2. The van der Waals surface area contributed by atoms with E-state index in [9.17, 15) is 4.39 Å². The Balaban J connectivity index is 1.57. The lowest BCUT2D eigenvalue weighted by Gasteiger charge is -2.26. The Hall–Kier alpha value is -2.88. The molecule has 1 aliphatic rings. The Bertz CT molecular complexity index is 1300. The summed E-state index contributed by atoms with van der Waals surface area (Å²) in [5.41, 5.74) is 3.92. The number of nitrogens with one attached hydrogen (secondary N) is 1. The maximum Gasteiger partial charge on any atom is 0.257 e. The van der Waals surface area contributed by atoms with Crippen molar-refractivity contribution in [1.82, 2.24) is 24.4 Å². The van der Waals surface area contributed by atoms with Crippen LogP contribution in [0.1, 0.15) is 6.42 Å². The van der Waals surface area contributed by atoms with Crippen LogP contribution in [0, 0.1) is 5.82 Å². The number of nitrogens with zero attached hydrogens (tertiary/aromatic N) is 4. The van der Waals surface area contributed by atoms with E-state index < -0.39 is 5.82 Å². The van der Waals surface area contributed by atoms with Gasteiger partial charge in [-0.1, -0.05) is 11.6 Å². The molecule has 8 nitrogen and oxygen atoms in total. The highest BCUT2D eigenvalue weighted by Gasteiger charge is 2.19. The zero-order chi connectivity index (χ0) is 22.9. The normalized spacial score (nSPS) is 14.9. The molecule has 0 saturated carbocycles. The van der Waals surface area contributed by atoms with Crippen LogP contribution in [-0.4, -0.2) is 71.5 Å². The van der Waals surface area contributed by atoms with Crippen molar-refractivity contribution >= 4 is 33.7 Å². The number of aryl methyl sites for hydroxylation is 1. The summed E-state index contributed by atoms with van der Waals surface area (Å²) in [7, 11) is 3.16. The fraction of sp³-hybridized carbons (Fsp3) is 0.391. The lowest BCUT2D eigenvalue weighted by atomic mass is 10.2. The van der Waals surface area contributed by atoms with Gasteiger partial charge < -0.3 is 23.8 Å². The van der Waals surface area contributed by atoms with Gasteiger partial charge in [0.15, 0.2) is 11.6 Å². The molecule has 10 heteroatoms. The molecule has 4 aromatic heterocycles. The number of methoxy groups -OCH3 is 2. The van der Waals surface area contributed by atoms with Crippen molar-refractivity contribution in [2.75, 3.05) is 47.1 Å². The van der Waals surface area contributed by atoms with Gasteiger partial charge in [0.2, 0.25) is 0 Å². The van der Waals surface area contributed by atoms with Gasteiger partial charge in [0.25, 0.3) is 5.88 Å². The van der Waals surface area contributed by atoms with E-state index in [-0.39, 0.29) is 5.02 Å². The minimum Gasteiger partial charge on any atom is -0.491 e. The quantitative estimate of drug-likeness (QED) is 0.435. The maximum absolute atomic E-state index is 14.0. The molecule has 0 aliphatic carbocycles. The molecule has 0 aromatic carbocycles. The van der Waals surface area contributed by atoms with E-state index in [1.165, 1.54) is 0 Å². The number of fused-ring (bicyclic) bond motifs is 2. The third-order valence-electron chi connectivity index (χ3n) is 6.02. The number of morpholine rings is 1. The van der Waals surface area contributed by atoms with Crippen LogP contribution in [0.5, 0.6) is 11.6 Å². The maximum atomic E-state index is 14.0. The van der Waals surface area contributed by atoms with Crippen LogP contribution in [0.25, 0.3) is 33.5 Å². The van der Waals surface area contributed by atoms with Crippen LogP contribution in [0.3, 0.4) is 0 Å². The summed E-state index contributed by atoms with van der Waals surface area (Å²) in [6, 6.07) is 5.75. The van der Waals surface area contributed by atoms with Gasteiger partial charge in [-0.3, -0.25) is 4.90 Å². The molecule has 1 saturated heterocycles. The molecule has 0 unspecified atom stereocenters. The van der Waals surface area contributed by atoms with Gasteiger partial charge >= 0.3 is 0 Å². The van der Waals surface area contributed by atoms with Crippen LogP contribution >= 0.6 is 11.6 Å². The lowest BCUT2D eigenvalue weighted by molar-refractivity contribution is 0.0370. The first-order valence-corrected chi connectivity index (χ1v) is 11.2. The van der Waals surface area contributed by atoms with E-state index >= 15 is 0 Å². The number of halogens is 2. The van der Waals surface area contributed by atoms with Crippen LogP contribution in [0.2, 0.25) is 5.02 Å². The first kappa shape index (κ1) is 21.9. The van der Waals surface area contributed by atoms with Gasteiger partial charge in [0.1, 0.15) is 5.65 Å². The molecular weight excluding hydrogens is 449 g/mol. The first-order valence-electron chi connectivity index (χ1n) is 10.8. The van der Waals surface area contributed by atoms with Crippen molar-refractivity contribution in [3.05, 3.63) is 35.2 Å². The predicted octanol–water partition coefficient (Wildman–Crippen LogP) is 4.11. The summed E-state index contributed by atoms with van der Waals surface area (Å²) < 4.78 is 32.5. The third kappa shape index (κ3) is 4.12. The smallest absolute Gasteiger partial charge is 0.257 e. The van der Waals surface area contributed by atoms with E-state index in [0.717, 1.165) is 74.4 Å². The summed E-state index contributed by atoms with van der Waals surface area (Å²) in [5, 5.41) is 0.596. The monoisotopic (exact) mass is 473 g/mol. The average molecular weight is 474 g/mol. The Morgan fingerprint density at radius 2 is 1.97 bits per heavy atom. The topological polar surface area (TPSA) is 77.4 Å². The van der Waals surface area contributed by atoms with Gasteiger partial charge in [-0.15, -0.1) is 0 Å². The molecule has 0 spiro atoms. The first-order chi connectivity index (χ1) is 16.1. The van der Waals surface area contributed by atoms with Crippen LogP contribution < -0.4 is 9.47 Å². The standard InChI is InChI=1S/C23H25ClFN5O3/c1-31-20-12-19-17(28-23(20)32-2)11-18(30(19)5-3-4-29-6-8-33-9-7-29)16-10-14-21(24)15(25)13-26-22(14)27-16/h10-13H,3-9H2,1-2H3,(H,26,27). The van der Waals surface area contributed by atoms with Crippen molar-refractivity contribution in [2.24, 2.45) is 0 Å². The van der Waals surface area contributed by atoms with Crippen molar-refractivity contribution in [3.63, 3.8) is 0 Å². The molecule has 33 heavy (non-hydrogen) atoms. The van der Waals surface area contributed by atoms with Gasteiger partial charge in [0.05, 0.1) is 61.1 Å². The summed E-state index contributed by atoms with van der Waals surface area (Å²) in [4.78, 5) is 14.5. The van der Waals surface area contributed by atoms with E-state index in [0.29, 0.717) is 22.7 Å². The Labute approximate surface area is 195 Å². The molecule has 5 rings (SSSR count). The summed E-state index contributed by atoms with van der Waals surface area (Å²) in [5.74, 6) is 0.440. The van der Waals surface area contributed by atoms with Gasteiger partial charge in [-0.2, -0.15) is 0 Å². The molecule has 4 aromatic rings. The van der Waals surface area contributed by atoms with Crippen molar-refractivity contribution in [2.45, 2.75) is 13.0 Å². The third-order valence-corrected chi connectivity index (χ3v) is 6.40. The van der Waals surface area contributed by atoms with Crippen molar-refractivity contribution in [3.8, 4) is 23.0 Å². The summed E-state index contributed by atoms with van der Waals surface area (Å²) in [6.45, 7) is 5.18. The molecule has 0 bridgehead atoms. The fourth-order valence-corrected chi connectivity index (χ4v) is 4.53. The largest absolute Gasteiger partial charge is 0.491 e. The summed E-state index contributed by atoms with van der Waals surface area (Å²) >= 11 is 6.19. The Morgan fingerprint density at radius 3 is 2.73 bits per heavy atom. The lowest BCUT2D eigenvalue weighted by Crippen LogP contribution is -2.37. The van der Waals surface area contributed by atoms with Crippen molar-refractivity contribution in [1.29, 1.82) is 0 Å². The Morgan fingerprint density at radius 1 is 1.15 bits per heavy atom. The van der Waals surface area contributed by atoms with E-state index in [4.69, 9.17) is 25.8 Å². The molecule has 5 heterocycles. The van der Waals surface area contributed by atoms with Gasteiger partial charge in [-0.25, -0.2) is 14.4 Å². The highest BCUT2D eigenvalue weighted by molar-refractivity contribution is 6.35. The van der Waals surface area contributed by atoms with E-state index in [2.05, 4.69) is 24.4 Å². The highest BCUT2D eigenvalue weighted by Crippen LogP contribution is 2.36. The van der Waals surface area contributed by atoms with Crippen LogP contribution in [-0.2, 0) is 11.3 Å². The van der Waals surface area contributed by atoms with Crippen molar-refractivity contribution < 1.29 is 18.6 Å². The summed E-state index contributed by atoms with van der Waals surface area (Å²) in [6.07, 6.45) is 2.07. The number of ether oxygens (including phenoxy) is 3. The number of hydrogen-bond donors (Lipinski definition) is 1. The highest BCUT2D eigenvalue weighted by atomic mass is 35.5. The number of rotatable bonds is 7. The minimum atomic E-state index is -0.545. The van der Waals surface area contributed by atoms with E-state index in [1.807, 2.05) is 18.2 Å². The molecular formula is C23H25ClFN5O3. The predicted molar refractivity (Wildman–Crippen MR) is 125 cm³/mol. The second-order valence-electron chi connectivity index (χ2n) is 7.96. The average Bonchev–Trinajstić information content (AvgIpc) is 3.43. The SMILES string of the molecule is COc1cc2c(cc(-c3cc4c(Cl)c(F)cnc4[nH]3)n2CCCN2CCOCC2)nc1OC. The van der Waals surface area contributed by atoms with Crippen LogP contribution in [0.4, 0.5) is 4.39 Å². The van der Waals surface area contributed by atoms with Crippen LogP contribution in [0.15, 0.2) is 24.4 Å². The molecule has 0 atom stereocenters. The molecule has 0 radical (unpaired) electrons.